The van der Waals surface area contributed by atoms with Gasteiger partial charge in [-0.05, 0) is 86.0 Å². The minimum absolute atomic E-state index is 0.0442. The summed E-state index contributed by atoms with van der Waals surface area (Å²) >= 11 is 1.67. The van der Waals surface area contributed by atoms with Gasteiger partial charge in [0.2, 0.25) is 5.95 Å². The van der Waals surface area contributed by atoms with Gasteiger partial charge in [-0.1, -0.05) is 26.0 Å². The number of nitrogens with zero attached hydrogens (tertiary/aromatic N) is 3. The normalized spacial score (nSPS) is 14.8. The van der Waals surface area contributed by atoms with Crippen LogP contribution in [0.2, 0.25) is 0 Å². The van der Waals surface area contributed by atoms with Crippen molar-refractivity contribution in [2.24, 2.45) is 5.41 Å². The van der Waals surface area contributed by atoms with Crippen LogP contribution in [-0.4, -0.2) is 35.0 Å². The molecule has 0 amide bonds. The van der Waals surface area contributed by atoms with Gasteiger partial charge in [-0.3, -0.25) is 4.79 Å². The monoisotopic (exact) mass is 546 g/mol. The highest BCUT2D eigenvalue weighted by atomic mass is 32.2. The van der Waals surface area contributed by atoms with E-state index in [0.29, 0.717) is 17.8 Å². The fourth-order valence-corrected chi connectivity index (χ4v) is 6.36. The number of nitrogens with one attached hydrogen (secondary N) is 1. The zero-order valence-electron chi connectivity index (χ0n) is 22.1. The molecular weight excluding hydrogens is 516 g/mol. The highest BCUT2D eigenvalue weighted by Crippen LogP contribution is 2.40. The molecule has 5 rings (SSSR count). The number of aryl methyl sites for hydroxylation is 2. The van der Waals surface area contributed by atoms with E-state index in [0.717, 1.165) is 39.5 Å². The number of hydrogen-bond acceptors (Lipinski definition) is 6. The number of hydrogen-bond donors (Lipinski definition) is 1. The van der Waals surface area contributed by atoms with Crippen molar-refractivity contribution in [3.8, 4) is 16.9 Å². The van der Waals surface area contributed by atoms with E-state index in [1.165, 1.54) is 0 Å². The van der Waals surface area contributed by atoms with E-state index in [-0.39, 0.29) is 22.0 Å². The topological polar surface area (TPSA) is 93.9 Å². The summed E-state index contributed by atoms with van der Waals surface area (Å²) in [5.74, 6) is 0.177. The summed E-state index contributed by atoms with van der Waals surface area (Å²) in [7, 11) is -3.89. The lowest BCUT2D eigenvalue weighted by Crippen LogP contribution is -2.27. The number of fused-ring (bicyclic) bond motifs is 1. The van der Waals surface area contributed by atoms with Gasteiger partial charge in [0, 0.05) is 39.6 Å². The number of carbonyl (C=O) groups excluding carboxylic acids is 1. The third kappa shape index (κ3) is 5.13. The summed E-state index contributed by atoms with van der Waals surface area (Å²) in [5, 5.41) is 0. The Hall–Kier alpha value is -3.43. The van der Waals surface area contributed by atoms with Crippen molar-refractivity contribution in [3.05, 3.63) is 83.3 Å². The van der Waals surface area contributed by atoms with Gasteiger partial charge in [0.15, 0.2) is 5.78 Å². The van der Waals surface area contributed by atoms with Gasteiger partial charge >= 0.3 is 0 Å². The molecule has 2 heterocycles. The molecule has 0 fully saturated rings. The number of ketones is 1. The van der Waals surface area contributed by atoms with Crippen LogP contribution in [0.3, 0.4) is 0 Å². The van der Waals surface area contributed by atoms with E-state index in [1.807, 2.05) is 12.3 Å². The van der Waals surface area contributed by atoms with Crippen molar-refractivity contribution in [1.29, 1.82) is 0 Å². The van der Waals surface area contributed by atoms with Crippen LogP contribution in [0.1, 0.15) is 47.7 Å². The molecule has 1 aliphatic carbocycles. The van der Waals surface area contributed by atoms with E-state index >= 15 is 0 Å². The van der Waals surface area contributed by atoms with Crippen LogP contribution in [0.4, 0.5) is 5.95 Å². The largest absolute Gasteiger partial charge is 0.313 e. The van der Waals surface area contributed by atoms with Crippen LogP contribution in [0.5, 0.6) is 0 Å². The van der Waals surface area contributed by atoms with Gasteiger partial charge in [0.25, 0.3) is 10.0 Å². The lowest BCUT2D eigenvalue weighted by atomic mass is 9.76. The Morgan fingerprint density at radius 3 is 2.16 bits per heavy atom. The second-order valence-electron chi connectivity index (χ2n) is 10.5. The Kier molecular flexibility index (Phi) is 6.69. The molecule has 4 aromatic rings. The van der Waals surface area contributed by atoms with Crippen molar-refractivity contribution in [1.82, 2.24) is 14.5 Å². The Labute approximate surface area is 227 Å². The molecule has 7 nitrogen and oxygen atoms in total. The third-order valence-electron chi connectivity index (χ3n) is 6.69. The van der Waals surface area contributed by atoms with Crippen molar-refractivity contribution in [2.75, 3.05) is 11.0 Å². The second-order valence-corrected chi connectivity index (χ2v) is 13.0. The maximum Gasteiger partial charge on any atom is 0.264 e. The molecule has 38 heavy (non-hydrogen) atoms. The smallest absolute Gasteiger partial charge is 0.264 e. The Morgan fingerprint density at radius 2 is 1.55 bits per heavy atom. The van der Waals surface area contributed by atoms with Gasteiger partial charge in [-0.2, -0.15) is 0 Å². The molecule has 196 valence electrons. The molecule has 0 aliphatic heterocycles. The highest BCUT2D eigenvalue weighted by molar-refractivity contribution is 7.98. The summed E-state index contributed by atoms with van der Waals surface area (Å²) in [4.78, 5) is 22.8. The van der Waals surface area contributed by atoms with Crippen LogP contribution in [0.15, 0.2) is 70.5 Å². The first-order valence-electron chi connectivity index (χ1n) is 12.3. The number of aromatic nitrogens is 3. The lowest BCUT2D eigenvalue weighted by Gasteiger charge is -2.30. The van der Waals surface area contributed by atoms with Crippen LogP contribution in [0.25, 0.3) is 16.9 Å². The first-order valence-corrected chi connectivity index (χ1v) is 15.0. The average molecular weight is 547 g/mol. The number of thioether (sulfide) groups is 1. The van der Waals surface area contributed by atoms with E-state index in [4.69, 9.17) is 0 Å². The van der Waals surface area contributed by atoms with Crippen molar-refractivity contribution >= 4 is 33.5 Å². The van der Waals surface area contributed by atoms with Crippen molar-refractivity contribution in [2.45, 2.75) is 50.3 Å². The van der Waals surface area contributed by atoms with Crippen LogP contribution in [-0.2, 0) is 16.4 Å². The van der Waals surface area contributed by atoms with E-state index in [1.54, 1.807) is 55.9 Å². The number of sulfonamides is 1. The van der Waals surface area contributed by atoms with Gasteiger partial charge in [0.05, 0.1) is 10.6 Å². The maximum atomic E-state index is 13.1. The summed E-state index contributed by atoms with van der Waals surface area (Å²) < 4.78 is 30.8. The SMILES string of the molecule is CSc1ccc(-c2cc3c(n2-c2ccc(S(=O)(=O)Nc4nc(C)cc(C)n4)cc2)CC(C)(C)CC3=O)cc1. The van der Waals surface area contributed by atoms with Gasteiger partial charge in [-0.25, -0.2) is 23.1 Å². The van der Waals surface area contributed by atoms with Gasteiger partial charge < -0.3 is 4.57 Å². The summed E-state index contributed by atoms with van der Waals surface area (Å²) in [6, 6.07) is 18.7. The lowest BCUT2D eigenvalue weighted by molar-refractivity contribution is 0.0911. The van der Waals surface area contributed by atoms with E-state index in [2.05, 4.69) is 57.4 Å². The molecule has 0 spiro atoms. The minimum Gasteiger partial charge on any atom is -0.313 e. The standard InChI is InChI=1S/C29H30N4O3S2/c1-18-14-19(2)31-28(30-18)32-38(35,36)23-12-8-21(9-13-23)33-25(20-6-10-22(37-5)11-7-20)15-24-26(33)16-29(3,4)17-27(24)34/h6-15H,16-17H2,1-5H3,(H,30,31,32). The Balaban J connectivity index is 1.57. The minimum atomic E-state index is -3.89. The van der Waals surface area contributed by atoms with Crippen molar-refractivity contribution in [3.63, 3.8) is 0 Å². The zero-order chi connectivity index (χ0) is 27.2. The zero-order valence-corrected chi connectivity index (χ0v) is 23.7. The van der Waals surface area contributed by atoms with Crippen LogP contribution >= 0.6 is 11.8 Å². The molecular formula is C29H30N4O3S2. The molecule has 0 saturated carbocycles. The number of Topliss-reactive ketones (excluding diaryl/α,β-unsaturated/α-hetero) is 1. The summed E-state index contributed by atoms with van der Waals surface area (Å²) in [5.41, 5.74) is 5.57. The molecule has 1 N–H and O–H groups in total. The number of benzene rings is 2. The molecule has 2 aromatic heterocycles. The fourth-order valence-electron chi connectivity index (χ4n) is 5.01. The molecule has 9 heteroatoms. The highest BCUT2D eigenvalue weighted by Gasteiger charge is 2.35. The maximum absolute atomic E-state index is 13.1. The van der Waals surface area contributed by atoms with Crippen molar-refractivity contribution < 1.29 is 13.2 Å². The predicted octanol–water partition coefficient (Wildman–Crippen LogP) is 6.23. The molecule has 0 saturated heterocycles. The molecule has 0 bridgehead atoms. The Morgan fingerprint density at radius 1 is 0.921 bits per heavy atom. The number of anilines is 1. The third-order valence-corrected chi connectivity index (χ3v) is 8.77. The molecule has 0 radical (unpaired) electrons. The van der Waals surface area contributed by atoms with Gasteiger partial charge in [-0.15, -0.1) is 11.8 Å². The first kappa shape index (κ1) is 26.2. The molecule has 2 aromatic carbocycles. The number of carbonyl (C=O) groups is 1. The van der Waals surface area contributed by atoms with E-state index < -0.39 is 10.0 Å². The molecule has 1 aliphatic rings. The first-order chi connectivity index (χ1) is 18.0. The summed E-state index contributed by atoms with van der Waals surface area (Å²) in [6.45, 7) is 7.79. The second kappa shape index (κ2) is 9.71. The molecule has 0 unspecified atom stereocenters. The van der Waals surface area contributed by atoms with Crippen LogP contribution in [0, 0.1) is 19.3 Å². The van der Waals surface area contributed by atoms with Gasteiger partial charge in [0.1, 0.15) is 0 Å². The van der Waals surface area contributed by atoms with Crippen LogP contribution < -0.4 is 4.72 Å². The predicted molar refractivity (Wildman–Crippen MR) is 152 cm³/mol. The Bertz CT molecular complexity index is 1620. The fraction of sp³-hybridized carbons (Fsp3) is 0.276. The quantitative estimate of drug-likeness (QED) is 0.288. The number of rotatable bonds is 6. The van der Waals surface area contributed by atoms with E-state index in [9.17, 15) is 13.2 Å². The summed E-state index contributed by atoms with van der Waals surface area (Å²) in [6.07, 6.45) is 3.27. The molecule has 0 atom stereocenters. The average Bonchev–Trinajstić information content (AvgIpc) is 3.22.